The van der Waals surface area contributed by atoms with Gasteiger partial charge >= 0.3 is 0 Å². The molecule has 2 rings (SSSR count). The minimum absolute atomic E-state index is 0.126. The standard InChI is InChI=1S/C15H13BrN2O3/c1-10-5-3-4-6-13(10)17(2)15(19)11-7-8-12(16)14(9-11)18(20)21/h3-9H,1-2H3. The molecule has 0 atom stereocenters. The number of hydrogen-bond donors (Lipinski definition) is 0. The molecule has 0 aliphatic heterocycles. The Bertz CT molecular complexity index is 716. The molecule has 21 heavy (non-hydrogen) atoms. The summed E-state index contributed by atoms with van der Waals surface area (Å²) in [4.78, 5) is 24.4. The van der Waals surface area contributed by atoms with E-state index in [0.717, 1.165) is 11.3 Å². The number of benzene rings is 2. The molecule has 0 saturated carbocycles. The predicted molar refractivity (Wildman–Crippen MR) is 84.7 cm³/mol. The van der Waals surface area contributed by atoms with Gasteiger partial charge in [0, 0.05) is 24.4 Å². The third-order valence-electron chi connectivity index (χ3n) is 3.17. The van der Waals surface area contributed by atoms with Crippen LogP contribution in [0.1, 0.15) is 15.9 Å². The maximum Gasteiger partial charge on any atom is 0.284 e. The van der Waals surface area contributed by atoms with Crippen LogP contribution in [-0.2, 0) is 0 Å². The highest BCUT2D eigenvalue weighted by atomic mass is 79.9. The average molecular weight is 349 g/mol. The van der Waals surface area contributed by atoms with Crippen LogP contribution in [0, 0.1) is 17.0 Å². The Morgan fingerprint density at radius 3 is 2.52 bits per heavy atom. The average Bonchev–Trinajstić information content (AvgIpc) is 2.46. The van der Waals surface area contributed by atoms with Crippen LogP contribution in [0.2, 0.25) is 0 Å². The zero-order chi connectivity index (χ0) is 15.6. The molecule has 0 saturated heterocycles. The summed E-state index contributed by atoms with van der Waals surface area (Å²) in [5.41, 5.74) is 1.88. The molecule has 0 aliphatic rings. The first-order valence-corrected chi connectivity index (χ1v) is 6.98. The van der Waals surface area contributed by atoms with Gasteiger partial charge in [0.2, 0.25) is 0 Å². The number of amides is 1. The summed E-state index contributed by atoms with van der Waals surface area (Å²) in [6.45, 7) is 1.91. The highest BCUT2D eigenvalue weighted by Crippen LogP contribution is 2.27. The van der Waals surface area contributed by atoms with Crippen molar-refractivity contribution in [3.8, 4) is 0 Å². The molecule has 0 heterocycles. The van der Waals surface area contributed by atoms with Crippen molar-refractivity contribution < 1.29 is 9.72 Å². The Labute approximate surface area is 130 Å². The van der Waals surface area contributed by atoms with E-state index < -0.39 is 4.92 Å². The lowest BCUT2D eigenvalue weighted by atomic mass is 10.1. The number of nitro benzene ring substituents is 1. The van der Waals surface area contributed by atoms with Gasteiger partial charge in [0.15, 0.2) is 0 Å². The van der Waals surface area contributed by atoms with Crippen molar-refractivity contribution in [1.82, 2.24) is 0 Å². The van der Waals surface area contributed by atoms with E-state index >= 15 is 0 Å². The van der Waals surface area contributed by atoms with Crippen LogP contribution < -0.4 is 4.90 Å². The maximum absolute atomic E-state index is 12.5. The second-order valence-electron chi connectivity index (χ2n) is 4.57. The fourth-order valence-corrected chi connectivity index (χ4v) is 2.42. The molecular formula is C15H13BrN2O3. The highest BCUT2D eigenvalue weighted by molar-refractivity contribution is 9.10. The molecule has 2 aromatic carbocycles. The van der Waals surface area contributed by atoms with Crippen LogP contribution in [0.3, 0.4) is 0 Å². The number of nitrogens with zero attached hydrogens (tertiary/aromatic N) is 2. The third kappa shape index (κ3) is 3.11. The lowest BCUT2D eigenvalue weighted by molar-refractivity contribution is -0.385. The van der Waals surface area contributed by atoms with Crippen molar-refractivity contribution in [2.24, 2.45) is 0 Å². The SMILES string of the molecule is Cc1ccccc1N(C)C(=O)c1ccc(Br)c([N+](=O)[O-])c1. The molecule has 5 nitrogen and oxygen atoms in total. The lowest BCUT2D eigenvalue weighted by Gasteiger charge is -2.19. The molecule has 0 N–H and O–H groups in total. The van der Waals surface area contributed by atoms with E-state index in [-0.39, 0.29) is 17.2 Å². The molecule has 0 unspecified atom stereocenters. The van der Waals surface area contributed by atoms with Crippen LogP contribution in [0.5, 0.6) is 0 Å². The smallest absolute Gasteiger partial charge is 0.284 e. The number of para-hydroxylation sites is 1. The van der Waals surface area contributed by atoms with Crippen LogP contribution in [-0.4, -0.2) is 17.9 Å². The summed E-state index contributed by atoms with van der Waals surface area (Å²) in [5, 5.41) is 10.9. The summed E-state index contributed by atoms with van der Waals surface area (Å²) in [6, 6.07) is 11.8. The normalized spacial score (nSPS) is 10.2. The van der Waals surface area contributed by atoms with E-state index in [0.29, 0.717) is 4.47 Å². The first-order valence-electron chi connectivity index (χ1n) is 6.19. The van der Waals surface area contributed by atoms with Gasteiger partial charge in [-0.1, -0.05) is 18.2 Å². The van der Waals surface area contributed by atoms with Gasteiger partial charge in [0.1, 0.15) is 0 Å². The monoisotopic (exact) mass is 348 g/mol. The number of halogens is 1. The largest absolute Gasteiger partial charge is 0.311 e. The number of nitro groups is 1. The number of rotatable bonds is 3. The summed E-state index contributed by atoms with van der Waals surface area (Å²) in [7, 11) is 1.65. The van der Waals surface area contributed by atoms with Gasteiger partial charge in [-0.2, -0.15) is 0 Å². The maximum atomic E-state index is 12.5. The predicted octanol–water partition coefficient (Wildman–Crippen LogP) is 3.94. The van der Waals surface area contributed by atoms with Crippen LogP contribution in [0.25, 0.3) is 0 Å². The van der Waals surface area contributed by atoms with Gasteiger partial charge in [0.25, 0.3) is 11.6 Å². The van der Waals surface area contributed by atoms with Crippen molar-refractivity contribution in [3.63, 3.8) is 0 Å². The lowest BCUT2D eigenvalue weighted by Crippen LogP contribution is -2.26. The summed E-state index contributed by atoms with van der Waals surface area (Å²) >= 11 is 3.11. The molecule has 0 radical (unpaired) electrons. The van der Waals surface area contributed by atoms with E-state index in [2.05, 4.69) is 15.9 Å². The Balaban J connectivity index is 2.39. The number of carbonyl (C=O) groups is 1. The molecule has 2 aromatic rings. The molecule has 0 aliphatic carbocycles. The number of carbonyl (C=O) groups excluding carboxylic acids is 1. The first-order chi connectivity index (χ1) is 9.91. The Morgan fingerprint density at radius 2 is 1.90 bits per heavy atom. The number of hydrogen-bond acceptors (Lipinski definition) is 3. The fraction of sp³-hybridized carbons (Fsp3) is 0.133. The third-order valence-corrected chi connectivity index (χ3v) is 3.84. The minimum Gasteiger partial charge on any atom is -0.311 e. The van der Waals surface area contributed by atoms with Crippen molar-refractivity contribution in [2.75, 3.05) is 11.9 Å². The van der Waals surface area contributed by atoms with Gasteiger partial charge in [-0.15, -0.1) is 0 Å². The highest BCUT2D eigenvalue weighted by Gasteiger charge is 2.19. The fourth-order valence-electron chi connectivity index (χ4n) is 2.03. The molecular weight excluding hydrogens is 336 g/mol. The van der Waals surface area contributed by atoms with Crippen LogP contribution in [0.15, 0.2) is 46.9 Å². The van der Waals surface area contributed by atoms with Crippen molar-refractivity contribution >= 4 is 33.2 Å². The molecule has 0 fully saturated rings. The van der Waals surface area contributed by atoms with E-state index in [1.807, 2.05) is 31.2 Å². The van der Waals surface area contributed by atoms with Crippen molar-refractivity contribution in [3.05, 3.63) is 68.2 Å². The van der Waals surface area contributed by atoms with Crippen molar-refractivity contribution in [2.45, 2.75) is 6.92 Å². The topological polar surface area (TPSA) is 63.5 Å². The van der Waals surface area contributed by atoms with Gasteiger partial charge in [-0.05, 0) is 46.6 Å². The zero-order valence-corrected chi connectivity index (χ0v) is 13.1. The minimum atomic E-state index is -0.519. The molecule has 0 bridgehead atoms. The van der Waals surface area contributed by atoms with E-state index in [1.54, 1.807) is 13.1 Å². The van der Waals surface area contributed by atoms with Gasteiger partial charge < -0.3 is 4.90 Å². The van der Waals surface area contributed by atoms with E-state index in [9.17, 15) is 14.9 Å². The molecule has 0 spiro atoms. The molecule has 0 aromatic heterocycles. The second kappa shape index (κ2) is 6.05. The number of anilines is 1. The van der Waals surface area contributed by atoms with Crippen molar-refractivity contribution in [1.29, 1.82) is 0 Å². The van der Waals surface area contributed by atoms with E-state index in [1.165, 1.54) is 17.0 Å². The van der Waals surface area contributed by atoms with E-state index in [4.69, 9.17) is 0 Å². The first kappa shape index (κ1) is 15.2. The quantitative estimate of drug-likeness (QED) is 0.623. The molecule has 108 valence electrons. The van der Waals surface area contributed by atoms with Gasteiger partial charge in [-0.3, -0.25) is 14.9 Å². The number of aryl methyl sites for hydroxylation is 1. The van der Waals surface area contributed by atoms with Crippen LogP contribution >= 0.6 is 15.9 Å². The Hall–Kier alpha value is -2.21. The van der Waals surface area contributed by atoms with Gasteiger partial charge in [-0.25, -0.2) is 0 Å². The summed E-state index contributed by atoms with van der Waals surface area (Å²) in [6.07, 6.45) is 0. The van der Waals surface area contributed by atoms with Gasteiger partial charge in [0.05, 0.1) is 9.40 Å². The molecule has 1 amide bonds. The Morgan fingerprint density at radius 1 is 1.24 bits per heavy atom. The molecule has 6 heteroatoms. The van der Waals surface area contributed by atoms with Crippen LogP contribution in [0.4, 0.5) is 11.4 Å². The Kier molecular flexibility index (Phi) is 4.37. The zero-order valence-electron chi connectivity index (χ0n) is 11.5. The second-order valence-corrected chi connectivity index (χ2v) is 5.43. The summed E-state index contributed by atoms with van der Waals surface area (Å²) < 4.78 is 0.350. The summed E-state index contributed by atoms with van der Waals surface area (Å²) in [5.74, 6) is -0.292.